The van der Waals surface area contributed by atoms with E-state index in [1.807, 2.05) is 18.5 Å². The monoisotopic (exact) mass is 372 g/mol. The molecule has 27 heavy (non-hydrogen) atoms. The molecule has 0 bridgehead atoms. The molecule has 6 heteroatoms. The molecule has 0 aliphatic carbocycles. The number of aliphatic hydroxyl groups is 1. The third-order valence-corrected chi connectivity index (χ3v) is 7.03. The van der Waals surface area contributed by atoms with Crippen LogP contribution < -0.4 is 0 Å². The fourth-order valence-electron chi connectivity index (χ4n) is 4.96. The number of likely N-dealkylation sites (tertiary alicyclic amines) is 2. The summed E-state index contributed by atoms with van der Waals surface area (Å²) in [6.07, 6.45) is 9.14. The Bertz CT molecular complexity index is 731. The third-order valence-electron chi connectivity index (χ3n) is 7.03. The molecule has 4 rings (SSSR count). The van der Waals surface area contributed by atoms with Gasteiger partial charge in [0.25, 0.3) is 0 Å². The van der Waals surface area contributed by atoms with Crippen LogP contribution in [0, 0.1) is 18.3 Å². The van der Waals surface area contributed by atoms with Crippen molar-refractivity contribution in [1.29, 1.82) is 0 Å². The Morgan fingerprint density at radius 1 is 1.19 bits per heavy atom. The molecule has 148 valence electrons. The van der Waals surface area contributed by atoms with Crippen LogP contribution in [0.2, 0.25) is 0 Å². The normalized spacial score (nSPS) is 23.9. The maximum Gasteiger partial charge on any atom is 0.105 e. The summed E-state index contributed by atoms with van der Waals surface area (Å²) < 4.78 is 7.39. The molecule has 0 saturated carbocycles. The Labute approximate surface area is 161 Å². The number of aromatic nitrogens is 2. The van der Waals surface area contributed by atoms with Crippen molar-refractivity contribution in [3.05, 3.63) is 41.9 Å². The molecule has 2 aromatic heterocycles. The minimum atomic E-state index is 0.294. The molecule has 6 nitrogen and oxygen atoms in total. The summed E-state index contributed by atoms with van der Waals surface area (Å²) in [6, 6.07) is 2.04. The standard InChI is InChI=1S/C21H32N4O2/c1-17-22-11-20(23(17)2)14-24-7-4-21(5-8-24)6-9-25(13-19(21)15-26)12-18-3-10-27-16-18/h3,10-11,16,19,26H,4-9,12-15H2,1-2H3/t19-/m0/s1. The molecular formula is C21H32N4O2. The summed E-state index contributed by atoms with van der Waals surface area (Å²) in [4.78, 5) is 9.44. The first-order chi connectivity index (χ1) is 13.1. The smallest absolute Gasteiger partial charge is 0.105 e. The number of piperidine rings is 2. The summed E-state index contributed by atoms with van der Waals surface area (Å²) >= 11 is 0. The van der Waals surface area contributed by atoms with Gasteiger partial charge in [-0.05, 0) is 57.3 Å². The molecule has 2 fully saturated rings. The van der Waals surface area contributed by atoms with Crippen LogP contribution in [-0.2, 0) is 20.1 Å². The Morgan fingerprint density at radius 3 is 2.52 bits per heavy atom. The maximum atomic E-state index is 10.1. The van der Waals surface area contributed by atoms with E-state index in [-0.39, 0.29) is 0 Å². The lowest BCUT2D eigenvalue weighted by Gasteiger charge is -2.51. The Hall–Kier alpha value is -1.63. The fraction of sp³-hybridized carbons (Fsp3) is 0.667. The maximum absolute atomic E-state index is 10.1. The first kappa shape index (κ1) is 18.7. The van der Waals surface area contributed by atoms with E-state index < -0.39 is 0 Å². The van der Waals surface area contributed by atoms with Crippen LogP contribution in [-0.4, -0.2) is 57.2 Å². The molecule has 2 aromatic rings. The van der Waals surface area contributed by atoms with E-state index in [0.29, 0.717) is 17.9 Å². The molecule has 1 spiro atoms. The number of rotatable bonds is 5. The molecular weight excluding hydrogens is 340 g/mol. The van der Waals surface area contributed by atoms with E-state index in [0.717, 1.165) is 45.1 Å². The van der Waals surface area contributed by atoms with Gasteiger partial charge in [0.1, 0.15) is 5.82 Å². The number of imidazole rings is 1. The number of hydrogen-bond acceptors (Lipinski definition) is 5. The summed E-state index contributed by atoms with van der Waals surface area (Å²) in [6.45, 7) is 8.58. The number of aryl methyl sites for hydroxylation is 1. The summed E-state index contributed by atoms with van der Waals surface area (Å²) in [5.41, 5.74) is 2.82. The molecule has 0 amide bonds. The van der Waals surface area contributed by atoms with Gasteiger partial charge in [-0.3, -0.25) is 9.80 Å². The molecule has 2 aliphatic heterocycles. The van der Waals surface area contributed by atoms with E-state index in [2.05, 4.69) is 33.3 Å². The molecule has 0 aromatic carbocycles. The first-order valence-corrected chi connectivity index (χ1v) is 10.1. The minimum Gasteiger partial charge on any atom is -0.472 e. The number of nitrogens with zero attached hydrogens (tertiary/aromatic N) is 4. The van der Waals surface area contributed by atoms with Gasteiger partial charge in [-0.15, -0.1) is 0 Å². The lowest BCUT2D eigenvalue weighted by Crippen LogP contribution is -2.53. The quantitative estimate of drug-likeness (QED) is 0.874. The van der Waals surface area contributed by atoms with Gasteiger partial charge in [-0.1, -0.05) is 0 Å². The van der Waals surface area contributed by atoms with Gasteiger partial charge in [0.15, 0.2) is 0 Å². The van der Waals surface area contributed by atoms with Crippen LogP contribution >= 0.6 is 0 Å². The van der Waals surface area contributed by atoms with Crippen molar-refractivity contribution < 1.29 is 9.52 Å². The highest BCUT2D eigenvalue weighted by atomic mass is 16.3. The number of hydrogen-bond donors (Lipinski definition) is 1. The van der Waals surface area contributed by atoms with Gasteiger partial charge in [0.05, 0.1) is 18.2 Å². The first-order valence-electron chi connectivity index (χ1n) is 10.1. The van der Waals surface area contributed by atoms with E-state index in [9.17, 15) is 5.11 Å². The second-order valence-corrected chi connectivity index (χ2v) is 8.49. The fourth-order valence-corrected chi connectivity index (χ4v) is 4.96. The average molecular weight is 373 g/mol. The number of aliphatic hydroxyl groups excluding tert-OH is 1. The molecule has 1 N–H and O–H groups in total. The van der Waals surface area contributed by atoms with Crippen LogP contribution in [0.25, 0.3) is 0 Å². The highest BCUT2D eigenvalue weighted by Crippen LogP contribution is 2.45. The Balaban J connectivity index is 1.34. The van der Waals surface area contributed by atoms with Crippen LogP contribution in [0.15, 0.2) is 29.2 Å². The van der Waals surface area contributed by atoms with Gasteiger partial charge in [-0.2, -0.15) is 0 Å². The molecule has 0 radical (unpaired) electrons. The lowest BCUT2D eigenvalue weighted by atomic mass is 9.64. The summed E-state index contributed by atoms with van der Waals surface area (Å²) in [7, 11) is 2.10. The predicted molar refractivity (Wildman–Crippen MR) is 104 cm³/mol. The Kier molecular flexibility index (Phi) is 5.39. The van der Waals surface area contributed by atoms with E-state index in [1.54, 1.807) is 6.26 Å². The summed E-state index contributed by atoms with van der Waals surface area (Å²) in [5.74, 6) is 1.45. The molecule has 4 heterocycles. The summed E-state index contributed by atoms with van der Waals surface area (Å²) in [5, 5.41) is 10.1. The number of furan rings is 1. The van der Waals surface area contributed by atoms with E-state index >= 15 is 0 Å². The minimum absolute atomic E-state index is 0.294. The highest BCUT2D eigenvalue weighted by molar-refractivity contribution is 5.07. The van der Waals surface area contributed by atoms with Crippen LogP contribution in [0.4, 0.5) is 0 Å². The van der Waals surface area contributed by atoms with Crippen molar-refractivity contribution in [3.8, 4) is 0 Å². The van der Waals surface area contributed by atoms with Gasteiger partial charge in [-0.25, -0.2) is 4.98 Å². The van der Waals surface area contributed by atoms with Crippen molar-refractivity contribution in [1.82, 2.24) is 19.4 Å². The van der Waals surface area contributed by atoms with Crippen molar-refractivity contribution in [2.45, 2.75) is 39.3 Å². The van der Waals surface area contributed by atoms with Crippen LogP contribution in [0.5, 0.6) is 0 Å². The van der Waals surface area contributed by atoms with Gasteiger partial charge in [0.2, 0.25) is 0 Å². The van der Waals surface area contributed by atoms with Gasteiger partial charge in [0, 0.05) is 51.0 Å². The largest absolute Gasteiger partial charge is 0.472 e. The zero-order valence-electron chi connectivity index (χ0n) is 16.6. The SMILES string of the molecule is Cc1ncc(CN2CCC3(CC2)CCN(Cc2ccoc2)C[C@H]3CO)n1C. The lowest BCUT2D eigenvalue weighted by molar-refractivity contribution is -0.0452. The third kappa shape index (κ3) is 3.84. The second-order valence-electron chi connectivity index (χ2n) is 8.49. The van der Waals surface area contributed by atoms with Crippen molar-refractivity contribution in [3.63, 3.8) is 0 Å². The van der Waals surface area contributed by atoms with Gasteiger partial charge < -0.3 is 14.1 Å². The molecule has 2 aliphatic rings. The van der Waals surface area contributed by atoms with Crippen LogP contribution in [0.1, 0.15) is 36.3 Å². The second kappa shape index (κ2) is 7.78. The van der Waals surface area contributed by atoms with E-state index in [1.165, 1.54) is 30.5 Å². The molecule has 0 unspecified atom stereocenters. The van der Waals surface area contributed by atoms with Crippen molar-refractivity contribution in [2.24, 2.45) is 18.4 Å². The average Bonchev–Trinajstić information content (AvgIpc) is 3.30. The highest BCUT2D eigenvalue weighted by Gasteiger charge is 2.44. The zero-order chi connectivity index (χ0) is 18.9. The molecule has 1 atom stereocenters. The van der Waals surface area contributed by atoms with Gasteiger partial charge >= 0.3 is 0 Å². The van der Waals surface area contributed by atoms with Crippen molar-refractivity contribution in [2.75, 3.05) is 32.8 Å². The zero-order valence-corrected chi connectivity index (χ0v) is 16.6. The Morgan fingerprint density at radius 2 is 1.93 bits per heavy atom. The molecule has 2 saturated heterocycles. The van der Waals surface area contributed by atoms with Crippen molar-refractivity contribution >= 4 is 0 Å². The van der Waals surface area contributed by atoms with Crippen LogP contribution in [0.3, 0.4) is 0 Å². The topological polar surface area (TPSA) is 57.7 Å². The predicted octanol–water partition coefficient (Wildman–Crippen LogP) is 2.42. The van der Waals surface area contributed by atoms with E-state index in [4.69, 9.17) is 4.42 Å².